The Bertz CT molecular complexity index is 663. The molecule has 1 amide bonds. The number of carbonyl (C=O) groups is 1. The number of rotatable bonds is 4. The highest BCUT2D eigenvalue weighted by molar-refractivity contribution is 9.10. The lowest BCUT2D eigenvalue weighted by molar-refractivity contribution is 0.0954. The molecule has 2 rings (SSSR count). The monoisotopic (exact) mass is 344 g/mol. The number of hydrogen-bond acceptors (Lipinski definition) is 2. The molecule has 4 heteroatoms. The van der Waals surface area contributed by atoms with E-state index in [0.717, 1.165) is 22.2 Å². The molecule has 1 N–H and O–H groups in total. The van der Waals surface area contributed by atoms with Crippen LogP contribution >= 0.6 is 15.9 Å². The summed E-state index contributed by atoms with van der Waals surface area (Å²) in [6.07, 6.45) is 0.752. The third-order valence-corrected chi connectivity index (χ3v) is 3.59. The molecule has 108 valence electrons. The largest absolute Gasteiger partial charge is 0.271 e. The highest BCUT2D eigenvalue weighted by Gasteiger charge is 2.06. The van der Waals surface area contributed by atoms with E-state index in [2.05, 4.69) is 26.5 Å². The van der Waals surface area contributed by atoms with Crippen LogP contribution in [0.3, 0.4) is 0 Å². The fraction of sp³-hybridized carbons (Fsp3) is 0.176. The maximum atomic E-state index is 12.1. The minimum absolute atomic E-state index is 0.214. The SMILES string of the molecule is CC/C(=N\NC(=O)c1cccc(Br)c1)c1ccc(C)cc1. The van der Waals surface area contributed by atoms with Gasteiger partial charge in [-0.25, -0.2) is 5.43 Å². The summed E-state index contributed by atoms with van der Waals surface area (Å²) in [6, 6.07) is 15.3. The quantitative estimate of drug-likeness (QED) is 0.651. The van der Waals surface area contributed by atoms with Crippen LogP contribution in [0.15, 0.2) is 58.1 Å². The molecular weight excluding hydrogens is 328 g/mol. The Morgan fingerprint density at radius 2 is 1.86 bits per heavy atom. The second-order valence-electron chi connectivity index (χ2n) is 4.73. The van der Waals surface area contributed by atoms with Crippen LogP contribution in [0.25, 0.3) is 0 Å². The van der Waals surface area contributed by atoms with Gasteiger partial charge in [0.2, 0.25) is 0 Å². The summed E-state index contributed by atoms with van der Waals surface area (Å²) < 4.78 is 0.869. The molecule has 0 bridgehead atoms. The van der Waals surface area contributed by atoms with E-state index in [9.17, 15) is 4.79 Å². The number of nitrogens with one attached hydrogen (secondary N) is 1. The Morgan fingerprint density at radius 1 is 1.14 bits per heavy atom. The van der Waals surface area contributed by atoms with Crippen LogP contribution in [0.4, 0.5) is 0 Å². The lowest BCUT2D eigenvalue weighted by Gasteiger charge is -2.06. The van der Waals surface area contributed by atoms with Gasteiger partial charge in [0.25, 0.3) is 5.91 Å². The Labute approximate surface area is 133 Å². The van der Waals surface area contributed by atoms with Crippen LogP contribution in [-0.2, 0) is 0 Å². The molecule has 0 unspecified atom stereocenters. The van der Waals surface area contributed by atoms with Crippen LogP contribution in [0, 0.1) is 6.92 Å². The predicted octanol–water partition coefficient (Wildman–Crippen LogP) is 4.30. The molecule has 2 aromatic carbocycles. The van der Waals surface area contributed by atoms with Gasteiger partial charge in [0.1, 0.15) is 0 Å². The third-order valence-electron chi connectivity index (χ3n) is 3.10. The molecule has 0 heterocycles. The van der Waals surface area contributed by atoms with Crippen molar-refractivity contribution < 1.29 is 4.79 Å². The Kier molecular flexibility index (Phi) is 5.28. The maximum Gasteiger partial charge on any atom is 0.271 e. The Hall–Kier alpha value is -1.94. The van der Waals surface area contributed by atoms with Crippen LogP contribution < -0.4 is 5.43 Å². The number of hydrazone groups is 1. The Balaban J connectivity index is 2.14. The van der Waals surface area contributed by atoms with Gasteiger partial charge in [-0.1, -0.05) is 58.7 Å². The molecule has 0 atom stereocenters. The van der Waals surface area contributed by atoms with Gasteiger partial charge in [-0.3, -0.25) is 4.79 Å². The smallest absolute Gasteiger partial charge is 0.267 e. The highest BCUT2D eigenvalue weighted by atomic mass is 79.9. The first-order valence-electron chi connectivity index (χ1n) is 6.79. The van der Waals surface area contributed by atoms with Crippen LogP contribution in [0.1, 0.15) is 34.8 Å². The summed E-state index contributed by atoms with van der Waals surface area (Å²) in [7, 11) is 0. The molecule has 0 spiro atoms. The standard InChI is InChI=1S/C17H17BrN2O/c1-3-16(13-9-7-12(2)8-10-13)19-20-17(21)14-5-4-6-15(18)11-14/h4-11H,3H2,1-2H3,(H,20,21)/b19-16+. The molecule has 0 aliphatic rings. The fourth-order valence-electron chi connectivity index (χ4n) is 1.91. The molecule has 0 saturated heterocycles. The fourth-order valence-corrected chi connectivity index (χ4v) is 2.31. The summed E-state index contributed by atoms with van der Waals surface area (Å²) in [5.41, 5.74) is 6.28. The van der Waals surface area contributed by atoms with Gasteiger partial charge in [0.15, 0.2) is 0 Å². The van der Waals surface area contributed by atoms with Crippen molar-refractivity contribution in [3.8, 4) is 0 Å². The molecule has 0 aliphatic heterocycles. The van der Waals surface area contributed by atoms with Crippen molar-refractivity contribution >= 4 is 27.5 Å². The number of aryl methyl sites for hydroxylation is 1. The van der Waals surface area contributed by atoms with Gasteiger partial charge in [-0.2, -0.15) is 5.10 Å². The number of hydrogen-bond donors (Lipinski definition) is 1. The number of halogens is 1. The maximum absolute atomic E-state index is 12.1. The van der Waals surface area contributed by atoms with Crippen molar-refractivity contribution in [2.45, 2.75) is 20.3 Å². The van der Waals surface area contributed by atoms with Crippen molar-refractivity contribution in [3.63, 3.8) is 0 Å². The van der Waals surface area contributed by atoms with Gasteiger partial charge < -0.3 is 0 Å². The molecule has 0 aromatic heterocycles. The molecule has 0 radical (unpaired) electrons. The molecule has 3 nitrogen and oxygen atoms in total. The first-order valence-corrected chi connectivity index (χ1v) is 7.59. The molecule has 0 saturated carbocycles. The van der Waals surface area contributed by atoms with E-state index in [1.54, 1.807) is 12.1 Å². The zero-order chi connectivity index (χ0) is 15.2. The summed E-state index contributed by atoms with van der Waals surface area (Å²) in [5, 5.41) is 4.25. The molecule has 21 heavy (non-hydrogen) atoms. The van der Waals surface area contributed by atoms with E-state index in [1.165, 1.54) is 5.56 Å². The van der Waals surface area contributed by atoms with E-state index in [0.29, 0.717) is 5.56 Å². The van der Waals surface area contributed by atoms with Crippen molar-refractivity contribution in [1.82, 2.24) is 5.43 Å². The topological polar surface area (TPSA) is 41.5 Å². The number of benzene rings is 2. The predicted molar refractivity (Wildman–Crippen MR) is 89.6 cm³/mol. The third kappa shape index (κ3) is 4.26. The van der Waals surface area contributed by atoms with Crippen molar-refractivity contribution in [3.05, 3.63) is 69.7 Å². The van der Waals surface area contributed by atoms with Crippen molar-refractivity contribution in [1.29, 1.82) is 0 Å². The lowest BCUT2D eigenvalue weighted by atomic mass is 10.1. The summed E-state index contributed by atoms with van der Waals surface area (Å²) in [5.74, 6) is -0.214. The lowest BCUT2D eigenvalue weighted by Crippen LogP contribution is -2.20. The molecule has 0 fully saturated rings. The van der Waals surface area contributed by atoms with Crippen LogP contribution in [-0.4, -0.2) is 11.6 Å². The molecule has 2 aromatic rings. The van der Waals surface area contributed by atoms with E-state index in [-0.39, 0.29) is 5.91 Å². The summed E-state index contributed by atoms with van der Waals surface area (Å²) in [6.45, 7) is 4.06. The normalized spacial score (nSPS) is 11.3. The van der Waals surface area contributed by atoms with Crippen LogP contribution in [0.5, 0.6) is 0 Å². The molecular formula is C17H17BrN2O. The highest BCUT2D eigenvalue weighted by Crippen LogP contribution is 2.12. The number of nitrogens with zero attached hydrogens (tertiary/aromatic N) is 1. The summed E-state index contributed by atoms with van der Waals surface area (Å²) >= 11 is 3.35. The second-order valence-corrected chi connectivity index (χ2v) is 5.65. The van der Waals surface area contributed by atoms with E-state index in [1.807, 2.05) is 50.2 Å². The van der Waals surface area contributed by atoms with Crippen molar-refractivity contribution in [2.75, 3.05) is 0 Å². The Morgan fingerprint density at radius 3 is 2.48 bits per heavy atom. The minimum atomic E-state index is -0.214. The van der Waals surface area contributed by atoms with Crippen molar-refractivity contribution in [2.24, 2.45) is 5.10 Å². The first-order chi connectivity index (χ1) is 10.1. The summed E-state index contributed by atoms with van der Waals surface area (Å²) in [4.78, 5) is 12.1. The van der Waals surface area contributed by atoms with Crippen LogP contribution in [0.2, 0.25) is 0 Å². The minimum Gasteiger partial charge on any atom is -0.267 e. The zero-order valence-corrected chi connectivity index (χ0v) is 13.6. The van der Waals surface area contributed by atoms with Gasteiger partial charge in [0.05, 0.1) is 5.71 Å². The van der Waals surface area contributed by atoms with Gasteiger partial charge in [0, 0.05) is 10.0 Å². The second kappa shape index (κ2) is 7.18. The van der Waals surface area contributed by atoms with E-state index >= 15 is 0 Å². The van der Waals surface area contributed by atoms with Gasteiger partial charge in [-0.05, 0) is 37.1 Å². The molecule has 0 aliphatic carbocycles. The van der Waals surface area contributed by atoms with E-state index < -0.39 is 0 Å². The number of amides is 1. The average molecular weight is 345 g/mol. The van der Waals surface area contributed by atoms with Gasteiger partial charge >= 0.3 is 0 Å². The first kappa shape index (κ1) is 15.4. The average Bonchev–Trinajstić information content (AvgIpc) is 2.49. The van der Waals surface area contributed by atoms with E-state index in [4.69, 9.17) is 0 Å². The zero-order valence-electron chi connectivity index (χ0n) is 12.1. The van der Waals surface area contributed by atoms with Gasteiger partial charge in [-0.15, -0.1) is 0 Å². The number of carbonyl (C=O) groups excluding carboxylic acids is 1.